The highest BCUT2D eigenvalue weighted by Crippen LogP contribution is 2.26. The Hall–Kier alpha value is -0.0600. The zero-order valence-electron chi connectivity index (χ0n) is 12.2. The fraction of sp³-hybridized carbons (Fsp3) is 0.786. The molecule has 1 unspecified atom stereocenters. The van der Waals surface area contributed by atoms with Crippen molar-refractivity contribution in [2.24, 2.45) is 0 Å². The smallest absolute Gasteiger partial charge is 0.110 e. The molecular weight excluding hydrogens is 260 g/mol. The minimum atomic E-state index is 0.418. The van der Waals surface area contributed by atoms with Crippen molar-refractivity contribution in [1.82, 2.24) is 10.3 Å². The second-order valence-corrected chi connectivity index (χ2v) is 7.41. The minimum Gasteiger partial charge on any atom is -0.306 e. The highest BCUT2D eigenvalue weighted by atomic mass is 32.2. The first kappa shape index (κ1) is 16.0. The van der Waals surface area contributed by atoms with Crippen molar-refractivity contribution in [3.05, 3.63) is 16.1 Å². The van der Waals surface area contributed by atoms with Crippen molar-refractivity contribution in [3.63, 3.8) is 0 Å². The molecule has 1 heterocycles. The Morgan fingerprint density at radius 1 is 1.33 bits per heavy atom. The highest BCUT2D eigenvalue weighted by molar-refractivity contribution is 7.99. The SMILES string of the molecule is CCSCCC(NC(C)C)c1nc(C(C)C)cs1. The van der Waals surface area contributed by atoms with Crippen molar-refractivity contribution in [2.45, 2.75) is 59.0 Å². The van der Waals surface area contributed by atoms with Gasteiger partial charge in [-0.25, -0.2) is 4.98 Å². The summed E-state index contributed by atoms with van der Waals surface area (Å²) in [5.41, 5.74) is 1.23. The summed E-state index contributed by atoms with van der Waals surface area (Å²) in [6, 6.07) is 0.926. The first-order valence-electron chi connectivity index (χ1n) is 6.83. The lowest BCUT2D eigenvalue weighted by Gasteiger charge is -2.19. The molecule has 1 rings (SSSR count). The van der Waals surface area contributed by atoms with E-state index in [1.165, 1.54) is 28.6 Å². The van der Waals surface area contributed by atoms with E-state index in [2.05, 4.69) is 45.3 Å². The van der Waals surface area contributed by atoms with Crippen molar-refractivity contribution in [2.75, 3.05) is 11.5 Å². The summed E-state index contributed by atoms with van der Waals surface area (Å²) >= 11 is 3.81. The number of thiazole rings is 1. The first-order chi connectivity index (χ1) is 8.54. The van der Waals surface area contributed by atoms with Crippen LogP contribution in [0.4, 0.5) is 0 Å². The van der Waals surface area contributed by atoms with Crippen molar-refractivity contribution < 1.29 is 0 Å². The van der Waals surface area contributed by atoms with Crippen LogP contribution in [0.25, 0.3) is 0 Å². The van der Waals surface area contributed by atoms with Crippen LogP contribution in [-0.2, 0) is 0 Å². The normalized spacial score (nSPS) is 13.5. The monoisotopic (exact) mass is 286 g/mol. The Morgan fingerprint density at radius 3 is 2.56 bits per heavy atom. The predicted octanol–water partition coefficient (Wildman–Crippen LogP) is 4.45. The lowest BCUT2D eigenvalue weighted by atomic mass is 10.1. The van der Waals surface area contributed by atoms with Gasteiger partial charge < -0.3 is 5.32 Å². The van der Waals surface area contributed by atoms with Gasteiger partial charge >= 0.3 is 0 Å². The predicted molar refractivity (Wildman–Crippen MR) is 84.8 cm³/mol. The Labute approximate surface area is 120 Å². The average Bonchev–Trinajstić information content (AvgIpc) is 2.76. The van der Waals surface area contributed by atoms with E-state index in [4.69, 9.17) is 4.98 Å². The Balaban J connectivity index is 2.67. The maximum Gasteiger partial charge on any atom is 0.110 e. The van der Waals surface area contributed by atoms with Crippen LogP contribution in [0.2, 0.25) is 0 Å². The lowest BCUT2D eigenvalue weighted by molar-refractivity contribution is 0.466. The van der Waals surface area contributed by atoms with Gasteiger partial charge in [0.15, 0.2) is 0 Å². The fourth-order valence-corrected chi connectivity index (χ4v) is 3.52. The molecule has 0 aliphatic carbocycles. The van der Waals surface area contributed by atoms with E-state index in [9.17, 15) is 0 Å². The summed E-state index contributed by atoms with van der Waals surface area (Å²) in [6.07, 6.45) is 1.17. The van der Waals surface area contributed by atoms with Gasteiger partial charge in [0.2, 0.25) is 0 Å². The van der Waals surface area contributed by atoms with Gasteiger partial charge in [0, 0.05) is 11.4 Å². The molecule has 0 bridgehead atoms. The van der Waals surface area contributed by atoms with E-state index < -0.39 is 0 Å². The molecule has 0 saturated heterocycles. The third-order valence-electron chi connectivity index (χ3n) is 2.72. The van der Waals surface area contributed by atoms with Gasteiger partial charge in [-0.3, -0.25) is 0 Å². The molecule has 1 aromatic rings. The van der Waals surface area contributed by atoms with Crippen molar-refractivity contribution >= 4 is 23.1 Å². The molecule has 0 aliphatic rings. The summed E-state index contributed by atoms with van der Waals surface area (Å²) in [4.78, 5) is 4.79. The highest BCUT2D eigenvalue weighted by Gasteiger charge is 2.17. The molecule has 1 aromatic heterocycles. The van der Waals surface area contributed by atoms with Gasteiger partial charge in [-0.1, -0.05) is 34.6 Å². The zero-order valence-corrected chi connectivity index (χ0v) is 13.8. The first-order valence-corrected chi connectivity index (χ1v) is 8.87. The average molecular weight is 287 g/mol. The van der Waals surface area contributed by atoms with Crippen LogP contribution in [0.15, 0.2) is 5.38 Å². The molecule has 0 radical (unpaired) electrons. The number of aromatic nitrogens is 1. The lowest BCUT2D eigenvalue weighted by Crippen LogP contribution is -2.28. The topological polar surface area (TPSA) is 24.9 Å². The van der Waals surface area contributed by atoms with Gasteiger partial charge in [-0.15, -0.1) is 11.3 Å². The Morgan fingerprint density at radius 2 is 2.06 bits per heavy atom. The molecule has 0 saturated carbocycles. The summed E-state index contributed by atoms with van der Waals surface area (Å²) in [7, 11) is 0. The molecule has 1 N–H and O–H groups in total. The largest absolute Gasteiger partial charge is 0.306 e. The molecule has 0 aromatic carbocycles. The molecule has 104 valence electrons. The van der Waals surface area contributed by atoms with Gasteiger partial charge in [-0.2, -0.15) is 11.8 Å². The third-order valence-corrected chi connectivity index (χ3v) is 4.63. The molecule has 0 spiro atoms. The number of hydrogen-bond acceptors (Lipinski definition) is 4. The van der Waals surface area contributed by atoms with E-state index in [0.717, 1.165) is 0 Å². The van der Waals surface area contributed by atoms with Crippen LogP contribution in [-0.4, -0.2) is 22.5 Å². The van der Waals surface area contributed by atoms with Gasteiger partial charge in [0.05, 0.1) is 11.7 Å². The van der Waals surface area contributed by atoms with E-state index in [1.807, 2.05) is 11.8 Å². The van der Waals surface area contributed by atoms with E-state index in [0.29, 0.717) is 18.0 Å². The van der Waals surface area contributed by atoms with E-state index in [1.54, 1.807) is 11.3 Å². The quantitative estimate of drug-likeness (QED) is 0.715. The van der Waals surface area contributed by atoms with Crippen LogP contribution >= 0.6 is 23.1 Å². The molecular formula is C14H26N2S2. The van der Waals surface area contributed by atoms with Gasteiger partial charge in [-0.05, 0) is 23.8 Å². The van der Waals surface area contributed by atoms with Gasteiger partial charge in [0.1, 0.15) is 5.01 Å². The fourth-order valence-electron chi connectivity index (χ4n) is 1.75. The number of nitrogens with one attached hydrogen (secondary N) is 1. The standard InChI is InChI=1S/C14H26N2S2/c1-6-17-8-7-12(15-11(4)5)14-16-13(9-18-14)10(2)3/h9-12,15H,6-8H2,1-5H3. The zero-order chi connectivity index (χ0) is 13.5. The summed E-state index contributed by atoms with van der Waals surface area (Å²) in [6.45, 7) is 11.0. The molecule has 0 amide bonds. The molecule has 2 nitrogen and oxygen atoms in total. The van der Waals surface area contributed by atoms with E-state index >= 15 is 0 Å². The molecule has 18 heavy (non-hydrogen) atoms. The van der Waals surface area contributed by atoms with Crippen molar-refractivity contribution in [1.29, 1.82) is 0 Å². The summed E-state index contributed by atoms with van der Waals surface area (Å²) < 4.78 is 0. The molecule has 0 aliphatic heterocycles. The molecule has 1 atom stereocenters. The van der Waals surface area contributed by atoms with Crippen LogP contribution in [0.3, 0.4) is 0 Å². The second kappa shape index (κ2) is 8.18. The third kappa shape index (κ3) is 5.29. The van der Waals surface area contributed by atoms with Crippen LogP contribution in [0.1, 0.15) is 63.7 Å². The minimum absolute atomic E-state index is 0.418. The van der Waals surface area contributed by atoms with Crippen molar-refractivity contribution in [3.8, 4) is 0 Å². The summed E-state index contributed by atoms with van der Waals surface area (Å²) in [5, 5.41) is 7.11. The number of thioether (sulfide) groups is 1. The molecule has 0 fully saturated rings. The van der Waals surface area contributed by atoms with E-state index in [-0.39, 0.29) is 0 Å². The summed E-state index contributed by atoms with van der Waals surface area (Å²) in [5.74, 6) is 2.93. The Kier molecular flexibility index (Phi) is 7.27. The van der Waals surface area contributed by atoms with Crippen LogP contribution in [0, 0.1) is 0 Å². The van der Waals surface area contributed by atoms with Gasteiger partial charge in [0.25, 0.3) is 0 Å². The number of nitrogens with zero attached hydrogens (tertiary/aromatic N) is 1. The Bertz CT molecular complexity index is 334. The maximum absolute atomic E-state index is 4.79. The maximum atomic E-state index is 4.79. The number of rotatable bonds is 8. The second-order valence-electron chi connectivity index (χ2n) is 5.12. The molecule has 4 heteroatoms. The number of hydrogen-bond donors (Lipinski definition) is 1. The van der Waals surface area contributed by atoms with Crippen LogP contribution in [0.5, 0.6) is 0 Å². The van der Waals surface area contributed by atoms with Crippen LogP contribution < -0.4 is 5.32 Å².